The number of carbonyl (C=O) groups excluding carboxylic acids is 1. The van der Waals surface area contributed by atoms with E-state index in [0.717, 1.165) is 0 Å². The molecule has 0 aliphatic carbocycles. The van der Waals surface area contributed by atoms with Crippen LogP contribution >= 0.6 is 0 Å². The molecule has 1 heterocycles. The molecule has 2 N–H and O–H groups in total. The normalized spacial score (nSPS) is 22.0. The van der Waals surface area contributed by atoms with Gasteiger partial charge in [-0.1, -0.05) is 6.07 Å². The van der Waals surface area contributed by atoms with Crippen LogP contribution in [0.2, 0.25) is 0 Å². The highest BCUT2D eigenvalue weighted by molar-refractivity contribution is 5.83. The largest absolute Gasteiger partial charge is 0.386 e. The summed E-state index contributed by atoms with van der Waals surface area (Å²) in [5, 5.41) is 0. The van der Waals surface area contributed by atoms with Crippen molar-refractivity contribution >= 4 is 11.6 Å². The number of nitrogens with two attached hydrogens (primary N) is 1. The number of hydrogen-bond donors (Lipinski definition) is 1. The molecule has 1 aromatic rings. The van der Waals surface area contributed by atoms with Gasteiger partial charge >= 0.3 is 0 Å². The number of aliphatic imine (C=N–C) groups is 1. The number of methoxy groups -OCH3 is 1. The first kappa shape index (κ1) is 15.6. The van der Waals surface area contributed by atoms with Crippen molar-refractivity contribution in [3.8, 4) is 0 Å². The van der Waals surface area contributed by atoms with Crippen LogP contribution in [0.3, 0.4) is 0 Å². The number of Topliss-reactive ketones (excluding diaryl/α,β-unsaturated/α-hetero) is 1. The SMILES string of the molecule is COCC(=O)Cc1ccc(F)c([C@]2(C)COCC(N)=N2)c1. The zero-order valence-corrected chi connectivity index (χ0v) is 12.2. The fraction of sp³-hybridized carbons (Fsp3) is 0.467. The standard InChI is InChI=1S/C15H19FN2O3/c1-15(9-21-8-14(17)18-15)12-6-10(3-4-13(12)16)5-11(19)7-20-2/h3-4,6H,5,7-9H2,1-2H3,(H2,17,18)/t15-/m0/s1. The summed E-state index contributed by atoms with van der Waals surface area (Å²) in [6.07, 6.45) is 0.192. The molecule has 0 saturated carbocycles. The van der Waals surface area contributed by atoms with Crippen molar-refractivity contribution in [3.63, 3.8) is 0 Å². The van der Waals surface area contributed by atoms with E-state index in [9.17, 15) is 9.18 Å². The molecule has 1 aliphatic rings. The quantitative estimate of drug-likeness (QED) is 0.885. The van der Waals surface area contributed by atoms with Crippen molar-refractivity contribution in [2.45, 2.75) is 18.9 Å². The summed E-state index contributed by atoms with van der Waals surface area (Å²) >= 11 is 0. The van der Waals surface area contributed by atoms with Gasteiger partial charge in [-0.3, -0.25) is 9.79 Å². The van der Waals surface area contributed by atoms with Crippen molar-refractivity contribution in [3.05, 3.63) is 35.1 Å². The van der Waals surface area contributed by atoms with Crippen LogP contribution in [-0.4, -0.2) is 38.5 Å². The van der Waals surface area contributed by atoms with Gasteiger partial charge < -0.3 is 15.2 Å². The van der Waals surface area contributed by atoms with E-state index >= 15 is 0 Å². The van der Waals surface area contributed by atoms with Gasteiger partial charge in [-0.25, -0.2) is 4.39 Å². The van der Waals surface area contributed by atoms with Crippen LogP contribution in [0.25, 0.3) is 0 Å². The van der Waals surface area contributed by atoms with Crippen LogP contribution < -0.4 is 5.73 Å². The second-order valence-electron chi connectivity index (χ2n) is 5.33. The summed E-state index contributed by atoms with van der Waals surface area (Å²) in [4.78, 5) is 15.9. The Morgan fingerprint density at radius 1 is 1.57 bits per heavy atom. The van der Waals surface area contributed by atoms with E-state index in [1.54, 1.807) is 19.1 Å². The number of ether oxygens (including phenoxy) is 2. The Labute approximate surface area is 122 Å². The van der Waals surface area contributed by atoms with Gasteiger partial charge in [-0.2, -0.15) is 0 Å². The summed E-state index contributed by atoms with van der Waals surface area (Å²) in [5.41, 5.74) is 5.92. The summed E-state index contributed by atoms with van der Waals surface area (Å²) < 4.78 is 24.3. The minimum absolute atomic E-state index is 0.0399. The van der Waals surface area contributed by atoms with E-state index in [2.05, 4.69) is 4.99 Å². The molecule has 1 aliphatic heterocycles. The van der Waals surface area contributed by atoms with Gasteiger partial charge in [0.1, 0.15) is 30.4 Å². The molecular weight excluding hydrogens is 275 g/mol. The van der Waals surface area contributed by atoms with E-state index in [1.807, 2.05) is 0 Å². The van der Waals surface area contributed by atoms with Crippen molar-refractivity contribution in [1.82, 2.24) is 0 Å². The molecule has 0 aromatic heterocycles. The summed E-state index contributed by atoms with van der Waals surface area (Å²) in [6.45, 7) is 2.31. The maximum absolute atomic E-state index is 14.1. The maximum atomic E-state index is 14.1. The second-order valence-corrected chi connectivity index (χ2v) is 5.33. The highest BCUT2D eigenvalue weighted by Crippen LogP contribution is 2.31. The highest BCUT2D eigenvalue weighted by Gasteiger charge is 2.32. The van der Waals surface area contributed by atoms with Crippen molar-refractivity contribution in [1.29, 1.82) is 0 Å². The molecular formula is C15H19FN2O3. The lowest BCUT2D eigenvalue weighted by molar-refractivity contribution is -0.121. The molecule has 1 aromatic carbocycles. The number of halogens is 1. The monoisotopic (exact) mass is 294 g/mol. The molecule has 0 radical (unpaired) electrons. The van der Waals surface area contributed by atoms with Crippen LogP contribution in [-0.2, 0) is 26.2 Å². The zero-order valence-electron chi connectivity index (χ0n) is 12.2. The molecule has 0 fully saturated rings. The highest BCUT2D eigenvalue weighted by atomic mass is 19.1. The Morgan fingerprint density at radius 2 is 2.33 bits per heavy atom. The second kappa shape index (κ2) is 6.32. The topological polar surface area (TPSA) is 73.9 Å². The number of nitrogens with zero attached hydrogens (tertiary/aromatic N) is 1. The minimum atomic E-state index is -0.868. The fourth-order valence-corrected chi connectivity index (χ4v) is 2.41. The summed E-state index contributed by atoms with van der Waals surface area (Å²) in [5.74, 6) is -0.116. The Bertz CT molecular complexity index is 574. The lowest BCUT2D eigenvalue weighted by atomic mass is 9.90. The summed E-state index contributed by atoms with van der Waals surface area (Å²) in [6, 6.07) is 4.58. The van der Waals surface area contributed by atoms with Crippen molar-refractivity contribution < 1.29 is 18.7 Å². The molecule has 21 heavy (non-hydrogen) atoms. The molecule has 5 nitrogen and oxygen atoms in total. The van der Waals surface area contributed by atoms with Gasteiger partial charge in [0.2, 0.25) is 0 Å². The van der Waals surface area contributed by atoms with E-state index in [1.165, 1.54) is 13.2 Å². The van der Waals surface area contributed by atoms with Crippen molar-refractivity contribution in [2.24, 2.45) is 10.7 Å². The van der Waals surface area contributed by atoms with Crippen molar-refractivity contribution in [2.75, 3.05) is 26.9 Å². The first-order valence-corrected chi connectivity index (χ1v) is 6.66. The van der Waals surface area contributed by atoms with Crippen LogP contribution in [0.1, 0.15) is 18.1 Å². The van der Waals surface area contributed by atoms with Crippen LogP contribution in [0, 0.1) is 5.82 Å². The lowest BCUT2D eigenvalue weighted by Gasteiger charge is -2.30. The number of ketones is 1. The van der Waals surface area contributed by atoms with E-state index < -0.39 is 5.54 Å². The first-order chi connectivity index (χ1) is 9.94. The van der Waals surface area contributed by atoms with Gasteiger partial charge in [0.25, 0.3) is 0 Å². The average molecular weight is 294 g/mol. The molecule has 0 unspecified atom stereocenters. The Kier molecular flexibility index (Phi) is 4.69. The Balaban J connectivity index is 2.31. The molecule has 0 bridgehead atoms. The van der Waals surface area contributed by atoms with Crippen LogP contribution in [0.5, 0.6) is 0 Å². The number of rotatable bonds is 5. The minimum Gasteiger partial charge on any atom is -0.386 e. The van der Waals surface area contributed by atoms with Gasteiger partial charge in [0.15, 0.2) is 5.78 Å². The van der Waals surface area contributed by atoms with Gasteiger partial charge in [-0.05, 0) is 24.6 Å². The molecule has 6 heteroatoms. The van der Waals surface area contributed by atoms with E-state index in [0.29, 0.717) is 17.0 Å². The molecule has 1 atom stereocenters. The first-order valence-electron chi connectivity index (χ1n) is 6.66. The molecule has 0 saturated heterocycles. The third-order valence-corrected chi connectivity index (χ3v) is 3.34. The lowest BCUT2D eigenvalue weighted by Crippen LogP contribution is -2.38. The predicted octanol–water partition coefficient (Wildman–Crippen LogP) is 1.19. The fourth-order valence-electron chi connectivity index (χ4n) is 2.41. The average Bonchev–Trinajstić information content (AvgIpc) is 2.41. The van der Waals surface area contributed by atoms with Gasteiger partial charge in [0, 0.05) is 19.1 Å². The molecule has 0 amide bonds. The smallest absolute Gasteiger partial charge is 0.162 e. The number of hydrogen-bond acceptors (Lipinski definition) is 5. The zero-order chi connectivity index (χ0) is 15.5. The van der Waals surface area contributed by atoms with Crippen LogP contribution in [0.15, 0.2) is 23.2 Å². The molecule has 114 valence electrons. The third kappa shape index (κ3) is 3.65. The third-order valence-electron chi connectivity index (χ3n) is 3.34. The Hall–Kier alpha value is -1.79. The number of benzene rings is 1. The number of amidine groups is 1. The Morgan fingerprint density at radius 3 is 3.00 bits per heavy atom. The molecule has 2 rings (SSSR count). The van der Waals surface area contributed by atoms with Gasteiger partial charge in [-0.15, -0.1) is 0 Å². The summed E-state index contributed by atoms with van der Waals surface area (Å²) in [7, 11) is 1.46. The number of carbonyl (C=O) groups is 1. The van der Waals surface area contributed by atoms with E-state index in [-0.39, 0.29) is 37.8 Å². The molecule has 0 spiro atoms. The maximum Gasteiger partial charge on any atom is 0.162 e. The van der Waals surface area contributed by atoms with Crippen LogP contribution in [0.4, 0.5) is 4.39 Å². The van der Waals surface area contributed by atoms with E-state index in [4.69, 9.17) is 15.2 Å². The predicted molar refractivity (Wildman–Crippen MR) is 76.8 cm³/mol. The van der Waals surface area contributed by atoms with Gasteiger partial charge in [0.05, 0.1) is 6.61 Å².